The number of aryl methyl sites for hydroxylation is 2. The van der Waals surface area contributed by atoms with Gasteiger partial charge >= 0.3 is 0 Å². The maximum absolute atomic E-state index is 4.18. The van der Waals surface area contributed by atoms with E-state index in [0.717, 1.165) is 25.3 Å². The van der Waals surface area contributed by atoms with E-state index in [9.17, 15) is 0 Å². The molecule has 1 aromatic heterocycles. The van der Waals surface area contributed by atoms with Gasteiger partial charge in [0.05, 0.1) is 5.69 Å². The second-order valence-corrected chi connectivity index (χ2v) is 4.21. The molecular weight excluding hydrogens is 176 g/mol. The minimum atomic E-state index is 0.661. The van der Waals surface area contributed by atoms with Gasteiger partial charge in [-0.3, -0.25) is 5.10 Å². The summed E-state index contributed by atoms with van der Waals surface area (Å²) in [5.41, 5.74) is 3.62. The Kier molecular flexibility index (Phi) is 2.56. The normalized spacial score (nSPS) is 18.5. The van der Waals surface area contributed by atoms with E-state index in [1.807, 2.05) is 6.92 Å². The molecule has 0 aliphatic carbocycles. The molecule has 1 fully saturated rings. The number of likely N-dealkylation sites (tertiary alicyclic amines) is 1. The van der Waals surface area contributed by atoms with Crippen LogP contribution in [0, 0.1) is 13.8 Å². The lowest BCUT2D eigenvalue weighted by atomic mass is 10.1. The third kappa shape index (κ3) is 1.81. The van der Waals surface area contributed by atoms with E-state index in [-0.39, 0.29) is 0 Å². The maximum Gasteiger partial charge on any atom is 0.0638 e. The lowest BCUT2D eigenvalue weighted by Gasteiger charge is -2.36. The Hall–Kier alpha value is -0.870. The highest BCUT2D eigenvalue weighted by atomic mass is 15.2. The van der Waals surface area contributed by atoms with Crippen molar-refractivity contribution in [2.24, 2.45) is 0 Å². The predicted molar refractivity (Wildman–Crippen MR) is 56.2 cm³/mol. The fourth-order valence-corrected chi connectivity index (χ4v) is 1.91. The molecule has 2 heterocycles. The summed E-state index contributed by atoms with van der Waals surface area (Å²) in [6.45, 7) is 7.38. The lowest BCUT2D eigenvalue weighted by molar-refractivity contribution is 0.161. The van der Waals surface area contributed by atoms with Gasteiger partial charge in [-0.25, -0.2) is 0 Å². The number of nitrogens with one attached hydrogen (secondary N) is 2. The molecule has 0 unspecified atom stereocenters. The zero-order valence-corrected chi connectivity index (χ0v) is 9.09. The minimum Gasteiger partial charge on any atom is -0.307 e. The average Bonchev–Trinajstić information content (AvgIpc) is 2.40. The van der Waals surface area contributed by atoms with Crippen molar-refractivity contribution in [3.8, 4) is 0 Å². The average molecular weight is 194 g/mol. The highest BCUT2D eigenvalue weighted by molar-refractivity contribution is 5.22. The van der Waals surface area contributed by atoms with Gasteiger partial charge in [0.2, 0.25) is 0 Å². The molecular formula is C10H18N4. The van der Waals surface area contributed by atoms with Crippen LogP contribution in [0.25, 0.3) is 0 Å². The van der Waals surface area contributed by atoms with Gasteiger partial charge in [-0.2, -0.15) is 5.10 Å². The second kappa shape index (κ2) is 3.71. The summed E-state index contributed by atoms with van der Waals surface area (Å²) < 4.78 is 0. The molecule has 0 aromatic carbocycles. The van der Waals surface area contributed by atoms with E-state index in [4.69, 9.17) is 0 Å². The van der Waals surface area contributed by atoms with Gasteiger partial charge in [-0.15, -0.1) is 0 Å². The van der Waals surface area contributed by atoms with Crippen LogP contribution in [-0.4, -0.2) is 41.3 Å². The number of aromatic nitrogens is 2. The molecule has 4 nitrogen and oxygen atoms in total. The number of nitrogens with zero attached hydrogens (tertiary/aromatic N) is 2. The van der Waals surface area contributed by atoms with Crippen LogP contribution in [0.1, 0.15) is 17.0 Å². The highest BCUT2D eigenvalue weighted by Crippen LogP contribution is 2.10. The molecule has 1 aromatic rings. The Morgan fingerprint density at radius 2 is 2.21 bits per heavy atom. The number of hydrogen-bond donors (Lipinski definition) is 2. The minimum absolute atomic E-state index is 0.661. The monoisotopic (exact) mass is 194 g/mol. The van der Waals surface area contributed by atoms with Crippen molar-refractivity contribution in [1.82, 2.24) is 20.4 Å². The zero-order chi connectivity index (χ0) is 10.1. The molecule has 2 rings (SSSR count). The first-order chi connectivity index (χ1) is 6.66. The first-order valence-electron chi connectivity index (χ1n) is 5.09. The van der Waals surface area contributed by atoms with Crippen LogP contribution in [0.2, 0.25) is 0 Å². The van der Waals surface area contributed by atoms with Gasteiger partial charge < -0.3 is 10.2 Å². The standard InChI is InChI=1S/C10H18N4/c1-7-10(8(2)13-12-7)4-11-9-5-14(3)6-9/h9,11H,4-6H2,1-3H3,(H,12,13). The first kappa shape index (κ1) is 9.68. The molecule has 0 spiro atoms. The zero-order valence-electron chi connectivity index (χ0n) is 9.09. The van der Waals surface area contributed by atoms with Gasteiger partial charge in [-0.05, 0) is 20.9 Å². The summed E-state index contributed by atoms with van der Waals surface area (Å²) in [5, 5.41) is 10.7. The highest BCUT2D eigenvalue weighted by Gasteiger charge is 2.22. The summed E-state index contributed by atoms with van der Waals surface area (Å²) >= 11 is 0. The number of hydrogen-bond acceptors (Lipinski definition) is 3. The Bertz CT molecular complexity index is 292. The number of aromatic amines is 1. The number of likely N-dealkylation sites (N-methyl/N-ethyl adjacent to an activating group) is 1. The molecule has 78 valence electrons. The Balaban J connectivity index is 1.86. The van der Waals surface area contributed by atoms with Crippen LogP contribution >= 0.6 is 0 Å². The predicted octanol–water partition coefficient (Wildman–Crippen LogP) is 0.430. The Morgan fingerprint density at radius 1 is 1.50 bits per heavy atom. The van der Waals surface area contributed by atoms with Gasteiger partial charge in [0.1, 0.15) is 0 Å². The van der Waals surface area contributed by atoms with Gasteiger partial charge in [0.25, 0.3) is 0 Å². The fourth-order valence-electron chi connectivity index (χ4n) is 1.91. The third-order valence-electron chi connectivity index (χ3n) is 2.91. The van der Waals surface area contributed by atoms with Crippen molar-refractivity contribution in [2.75, 3.05) is 20.1 Å². The summed E-state index contributed by atoms with van der Waals surface area (Å²) in [6, 6.07) is 0.661. The van der Waals surface area contributed by atoms with Crippen LogP contribution in [0.5, 0.6) is 0 Å². The second-order valence-electron chi connectivity index (χ2n) is 4.21. The summed E-state index contributed by atoms with van der Waals surface area (Å²) in [5.74, 6) is 0. The van der Waals surface area contributed by atoms with Crippen molar-refractivity contribution in [2.45, 2.75) is 26.4 Å². The third-order valence-corrected chi connectivity index (χ3v) is 2.91. The smallest absolute Gasteiger partial charge is 0.0638 e. The van der Waals surface area contributed by atoms with Crippen molar-refractivity contribution >= 4 is 0 Å². The molecule has 1 saturated heterocycles. The van der Waals surface area contributed by atoms with Gasteiger partial charge in [0, 0.05) is 36.9 Å². The van der Waals surface area contributed by atoms with E-state index in [0.29, 0.717) is 6.04 Å². The Morgan fingerprint density at radius 3 is 2.71 bits per heavy atom. The van der Waals surface area contributed by atoms with Crippen LogP contribution in [0.3, 0.4) is 0 Å². The largest absolute Gasteiger partial charge is 0.307 e. The van der Waals surface area contributed by atoms with Crippen LogP contribution in [-0.2, 0) is 6.54 Å². The van der Waals surface area contributed by atoms with Crippen LogP contribution < -0.4 is 5.32 Å². The molecule has 0 radical (unpaired) electrons. The molecule has 0 atom stereocenters. The molecule has 1 aliphatic heterocycles. The Labute approximate surface area is 84.7 Å². The van der Waals surface area contributed by atoms with Crippen molar-refractivity contribution in [3.63, 3.8) is 0 Å². The van der Waals surface area contributed by atoms with Gasteiger partial charge in [-0.1, -0.05) is 0 Å². The number of H-pyrrole nitrogens is 1. The van der Waals surface area contributed by atoms with Crippen molar-refractivity contribution in [3.05, 3.63) is 17.0 Å². The summed E-state index contributed by atoms with van der Waals surface area (Å²) in [7, 11) is 2.15. The first-order valence-corrected chi connectivity index (χ1v) is 5.09. The fraction of sp³-hybridized carbons (Fsp3) is 0.700. The molecule has 14 heavy (non-hydrogen) atoms. The van der Waals surface area contributed by atoms with E-state index in [2.05, 4.69) is 34.4 Å². The number of rotatable bonds is 3. The maximum atomic E-state index is 4.18. The molecule has 4 heteroatoms. The van der Waals surface area contributed by atoms with Crippen LogP contribution in [0.15, 0.2) is 0 Å². The van der Waals surface area contributed by atoms with E-state index >= 15 is 0 Å². The molecule has 0 bridgehead atoms. The molecule has 1 aliphatic rings. The van der Waals surface area contributed by atoms with E-state index in [1.54, 1.807) is 0 Å². The molecule has 2 N–H and O–H groups in total. The summed E-state index contributed by atoms with van der Waals surface area (Å²) in [4.78, 5) is 2.31. The van der Waals surface area contributed by atoms with E-state index < -0.39 is 0 Å². The SMILES string of the molecule is Cc1n[nH]c(C)c1CNC1CN(C)C1. The molecule has 0 saturated carbocycles. The summed E-state index contributed by atoms with van der Waals surface area (Å²) in [6.07, 6.45) is 0. The van der Waals surface area contributed by atoms with Gasteiger partial charge in [0.15, 0.2) is 0 Å². The van der Waals surface area contributed by atoms with E-state index in [1.165, 1.54) is 11.3 Å². The quantitative estimate of drug-likeness (QED) is 0.733. The topological polar surface area (TPSA) is 44.0 Å². The van der Waals surface area contributed by atoms with Crippen LogP contribution in [0.4, 0.5) is 0 Å². The van der Waals surface area contributed by atoms with Crippen molar-refractivity contribution in [1.29, 1.82) is 0 Å². The van der Waals surface area contributed by atoms with Crippen molar-refractivity contribution < 1.29 is 0 Å². The molecule has 0 amide bonds. The lowest BCUT2D eigenvalue weighted by Crippen LogP contribution is -2.55.